The highest BCUT2D eigenvalue weighted by Crippen LogP contribution is 2.31. The maximum Gasteiger partial charge on any atom is 0.283 e. The molecule has 2 N–H and O–H groups in total. The first-order valence-corrected chi connectivity index (χ1v) is 7.69. The van der Waals surface area contributed by atoms with E-state index in [0.29, 0.717) is 22.9 Å². The summed E-state index contributed by atoms with van der Waals surface area (Å²) in [5, 5.41) is 4.32. The third-order valence-corrected chi connectivity index (χ3v) is 4.80. The van der Waals surface area contributed by atoms with Crippen LogP contribution in [0.15, 0.2) is 15.5 Å². The third kappa shape index (κ3) is 2.69. The van der Waals surface area contributed by atoms with Gasteiger partial charge in [-0.25, -0.2) is 4.68 Å². The van der Waals surface area contributed by atoms with Gasteiger partial charge in [0.2, 0.25) is 0 Å². The highest BCUT2D eigenvalue weighted by molar-refractivity contribution is 9.10. The summed E-state index contributed by atoms with van der Waals surface area (Å²) in [6.07, 6.45) is 5.34. The molecular weight excluding hydrogens is 308 g/mol. The van der Waals surface area contributed by atoms with Crippen molar-refractivity contribution >= 4 is 21.6 Å². The van der Waals surface area contributed by atoms with Crippen LogP contribution in [-0.4, -0.2) is 29.4 Å². The highest BCUT2D eigenvalue weighted by atomic mass is 79.9. The Kier molecular flexibility index (Phi) is 3.62. The van der Waals surface area contributed by atoms with Gasteiger partial charge in [0.25, 0.3) is 5.56 Å². The van der Waals surface area contributed by atoms with Crippen LogP contribution in [0.2, 0.25) is 0 Å². The monoisotopic (exact) mass is 326 g/mol. The van der Waals surface area contributed by atoms with Crippen molar-refractivity contribution in [3.05, 3.63) is 21.0 Å². The van der Waals surface area contributed by atoms with Gasteiger partial charge in [-0.05, 0) is 53.6 Å². The molecule has 1 aromatic heterocycles. The SMILES string of the molecule is NCC1CCN(c2cnn(CC3CC3)c(=O)c2Br)C1. The third-order valence-electron chi connectivity index (χ3n) is 4.05. The first-order chi connectivity index (χ1) is 9.19. The number of rotatable bonds is 4. The molecule has 1 unspecified atom stereocenters. The van der Waals surface area contributed by atoms with E-state index in [4.69, 9.17) is 5.73 Å². The topological polar surface area (TPSA) is 64.2 Å². The average molecular weight is 327 g/mol. The van der Waals surface area contributed by atoms with Gasteiger partial charge in [-0.15, -0.1) is 0 Å². The summed E-state index contributed by atoms with van der Waals surface area (Å²) in [6, 6.07) is 0. The van der Waals surface area contributed by atoms with Crippen molar-refractivity contribution in [2.24, 2.45) is 17.6 Å². The van der Waals surface area contributed by atoms with Gasteiger partial charge < -0.3 is 10.6 Å². The lowest BCUT2D eigenvalue weighted by molar-refractivity contribution is 0.530. The normalized spacial score (nSPS) is 23.1. The first kappa shape index (κ1) is 13.1. The molecule has 1 saturated heterocycles. The van der Waals surface area contributed by atoms with Crippen LogP contribution in [0.25, 0.3) is 0 Å². The molecule has 1 aromatic rings. The highest BCUT2D eigenvalue weighted by Gasteiger charge is 2.26. The maximum atomic E-state index is 12.3. The fourth-order valence-electron chi connectivity index (χ4n) is 2.60. The molecule has 2 aliphatic rings. The minimum absolute atomic E-state index is 0.0133. The Morgan fingerprint density at radius 3 is 2.79 bits per heavy atom. The van der Waals surface area contributed by atoms with Gasteiger partial charge in [-0.2, -0.15) is 5.10 Å². The van der Waals surface area contributed by atoms with Gasteiger partial charge in [0.1, 0.15) is 4.47 Å². The fourth-order valence-corrected chi connectivity index (χ4v) is 3.15. The molecule has 2 fully saturated rings. The summed E-state index contributed by atoms with van der Waals surface area (Å²) in [7, 11) is 0. The van der Waals surface area contributed by atoms with Gasteiger partial charge in [0, 0.05) is 19.6 Å². The molecule has 0 spiro atoms. The Hall–Kier alpha value is -0.880. The number of nitrogens with two attached hydrogens (primary N) is 1. The lowest BCUT2D eigenvalue weighted by Gasteiger charge is -2.19. The van der Waals surface area contributed by atoms with Crippen molar-refractivity contribution < 1.29 is 0 Å². The van der Waals surface area contributed by atoms with Gasteiger partial charge in [0.15, 0.2) is 0 Å². The van der Waals surface area contributed by atoms with Crippen LogP contribution in [0.3, 0.4) is 0 Å². The van der Waals surface area contributed by atoms with Crippen LogP contribution in [0.4, 0.5) is 5.69 Å². The summed E-state index contributed by atoms with van der Waals surface area (Å²) in [5.74, 6) is 1.18. The number of hydrogen-bond acceptors (Lipinski definition) is 4. The number of anilines is 1. The molecule has 1 aliphatic carbocycles. The minimum Gasteiger partial charge on any atom is -0.369 e. The van der Waals surface area contributed by atoms with E-state index >= 15 is 0 Å². The average Bonchev–Trinajstić information content (AvgIpc) is 3.10. The zero-order chi connectivity index (χ0) is 13.4. The second-order valence-electron chi connectivity index (χ2n) is 5.61. The molecule has 0 bridgehead atoms. The fraction of sp³-hybridized carbons (Fsp3) is 0.692. The Bertz CT molecular complexity index is 526. The van der Waals surface area contributed by atoms with Crippen molar-refractivity contribution in [1.82, 2.24) is 9.78 Å². The molecule has 2 heterocycles. The zero-order valence-electron chi connectivity index (χ0n) is 10.9. The van der Waals surface area contributed by atoms with Gasteiger partial charge in [0.05, 0.1) is 11.9 Å². The van der Waals surface area contributed by atoms with E-state index in [1.165, 1.54) is 12.8 Å². The summed E-state index contributed by atoms with van der Waals surface area (Å²) < 4.78 is 2.22. The van der Waals surface area contributed by atoms with Gasteiger partial charge >= 0.3 is 0 Å². The van der Waals surface area contributed by atoms with Crippen molar-refractivity contribution in [3.8, 4) is 0 Å². The van der Waals surface area contributed by atoms with Crippen molar-refractivity contribution in [2.75, 3.05) is 24.5 Å². The molecule has 1 atom stereocenters. The Morgan fingerprint density at radius 1 is 1.37 bits per heavy atom. The predicted octanol–water partition coefficient (Wildman–Crippen LogP) is 1.20. The minimum atomic E-state index is -0.0133. The van der Waals surface area contributed by atoms with Crippen LogP contribution in [0, 0.1) is 11.8 Å². The molecule has 1 aliphatic heterocycles. The van der Waals surface area contributed by atoms with E-state index in [0.717, 1.165) is 31.7 Å². The largest absolute Gasteiger partial charge is 0.369 e. The number of aromatic nitrogens is 2. The van der Waals surface area contributed by atoms with E-state index in [-0.39, 0.29) is 5.56 Å². The van der Waals surface area contributed by atoms with E-state index in [2.05, 4.69) is 25.9 Å². The summed E-state index contributed by atoms with van der Waals surface area (Å²) >= 11 is 3.45. The lowest BCUT2D eigenvalue weighted by atomic mass is 10.1. The lowest BCUT2D eigenvalue weighted by Crippen LogP contribution is -2.29. The van der Waals surface area contributed by atoms with E-state index in [1.807, 2.05) is 6.20 Å². The van der Waals surface area contributed by atoms with Crippen molar-refractivity contribution in [3.63, 3.8) is 0 Å². The van der Waals surface area contributed by atoms with Crippen LogP contribution < -0.4 is 16.2 Å². The van der Waals surface area contributed by atoms with Crippen LogP contribution in [0.1, 0.15) is 19.3 Å². The van der Waals surface area contributed by atoms with E-state index in [9.17, 15) is 4.79 Å². The molecular formula is C13H19BrN4O. The van der Waals surface area contributed by atoms with Crippen molar-refractivity contribution in [1.29, 1.82) is 0 Å². The maximum absolute atomic E-state index is 12.3. The molecule has 0 radical (unpaired) electrons. The predicted molar refractivity (Wildman–Crippen MR) is 78.3 cm³/mol. The molecule has 0 aromatic carbocycles. The first-order valence-electron chi connectivity index (χ1n) is 6.89. The standard InChI is InChI=1S/C13H19BrN4O/c14-12-11(17-4-3-10(5-15)7-17)6-16-18(13(12)19)8-9-1-2-9/h6,9-10H,1-5,7-8,15H2. The van der Waals surface area contributed by atoms with Crippen LogP contribution in [0.5, 0.6) is 0 Å². The number of halogens is 1. The Balaban J connectivity index is 1.82. The van der Waals surface area contributed by atoms with Gasteiger partial charge in [-0.3, -0.25) is 4.79 Å². The zero-order valence-corrected chi connectivity index (χ0v) is 12.5. The van der Waals surface area contributed by atoms with Crippen LogP contribution in [-0.2, 0) is 6.54 Å². The molecule has 19 heavy (non-hydrogen) atoms. The van der Waals surface area contributed by atoms with Crippen LogP contribution >= 0.6 is 15.9 Å². The second-order valence-corrected chi connectivity index (χ2v) is 6.40. The van der Waals surface area contributed by atoms with Crippen molar-refractivity contribution in [2.45, 2.75) is 25.8 Å². The van der Waals surface area contributed by atoms with Gasteiger partial charge in [-0.1, -0.05) is 0 Å². The number of hydrogen-bond donors (Lipinski definition) is 1. The van der Waals surface area contributed by atoms with E-state index < -0.39 is 0 Å². The number of nitrogens with zero attached hydrogens (tertiary/aromatic N) is 3. The smallest absolute Gasteiger partial charge is 0.283 e. The second kappa shape index (κ2) is 5.25. The molecule has 6 heteroatoms. The molecule has 5 nitrogen and oxygen atoms in total. The molecule has 1 saturated carbocycles. The summed E-state index contributed by atoms with van der Waals surface area (Å²) in [6.45, 7) is 3.33. The summed E-state index contributed by atoms with van der Waals surface area (Å²) in [4.78, 5) is 14.5. The quantitative estimate of drug-likeness (QED) is 0.903. The Labute approximate surface area is 120 Å². The summed E-state index contributed by atoms with van der Waals surface area (Å²) in [5.41, 5.74) is 6.60. The van der Waals surface area contributed by atoms with E-state index in [1.54, 1.807) is 4.68 Å². The molecule has 3 rings (SSSR count). The Morgan fingerprint density at radius 2 is 2.16 bits per heavy atom. The molecule has 0 amide bonds. The molecule has 104 valence electrons.